The highest BCUT2D eigenvalue weighted by Crippen LogP contribution is 2.37. The van der Waals surface area contributed by atoms with Crippen molar-refractivity contribution in [2.75, 3.05) is 13.7 Å². The molecule has 0 fully saturated rings. The first kappa shape index (κ1) is 21.0. The van der Waals surface area contributed by atoms with E-state index < -0.39 is 0 Å². The summed E-state index contributed by atoms with van der Waals surface area (Å²) in [5, 5.41) is 10.2. The Balaban J connectivity index is 1.77. The van der Waals surface area contributed by atoms with Gasteiger partial charge in [-0.3, -0.25) is 4.57 Å². The topological polar surface area (TPSA) is 49.2 Å². The molecule has 0 aliphatic heterocycles. The molecule has 0 aliphatic carbocycles. The van der Waals surface area contributed by atoms with E-state index in [1.165, 1.54) is 5.56 Å². The number of thioether (sulfide) groups is 1. The Morgan fingerprint density at radius 3 is 2.39 bits per heavy atom. The molecule has 0 bridgehead atoms. The Morgan fingerprint density at radius 2 is 1.68 bits per heavy atom. The van der Waals surface area contributed by atoms with Gasteiger partial charge in [-0.1, -0.05) is 54.2 Å². The number of hydrogen-bond donors (Lipinski definition) is 0. The highest BCUT2D eigenvalue weighted by atomic mass is 32.2. The summed E-state index contributed by atoms with van der Waals surface area (Å²) < 4.78 is 13.1. The van der Waals surface area contributed by atoms with E-state index in [1.807, 2.05) is 61.5 Å². The Morgan fingerprint density at radius 1 is 0.903 bits per heavy atom. The molecule has 1 atom stereocenters. The summed E-state index contributed by atoms with van der Waals surface area (Å²) in [6.45, 7) is 4.80. The molecule has 0 saturated heterocycles. The molecule has 0 amide bonds. The first-order chi connectivity index (χ1) is 15.2. The maximum Gasteiger partial charge on any atom is 0.196 e. The molecule has 158 valence electrons. The predicted octanol–water partition coefficient (Wildman–Crippen LogP) is 6.19. The Labute approximate surface area is 187 Å². The minimum Gasteiger partial charge on any atom is -0.497 e. The lowest BCUT2D eigenvalue weighted by Crippen LogP contribution is -2.01. The van der Waals surface area contributed by atoms with Crippen molar-refractivity contribution in [3.63, 3.8) is 0 Å². The van der Waals surface area contributed by atoms with Crippen LogP contribution in [-0.2, 0) is 0 Å². The van der Waals surface area contributed by atoms with Crippen LogP contribution in [0.4, 0.5) is 0 Å². The van der Waals surface area contributed by atoms with Crippen LogP contribution in [0.3, 0.4) is 0 Å². The zero-order chi connectivity index (χ0) is 21.6. The van der Waals surface area contributed by atoms with Crippen LogP contribution >= 0.6 is 11.8 Å². The summed E-state index contributed by atoms with van der Waals surface area (Å²) in [6.07, 6.45) is 0. The van der Waals surface area contributed by atoms with E-state index in [2.05, 4.69) is 46.0 Å². The first-order valence-corrected chi connectivity index (χ1v) is 11.1. The average Bonchev–Trinajstić information content (AvgIpc) is 3.24. The maximum atomic E-state index is 5.61. The van der Waals surface area contributed by atoms with Crippen molar-refractivity contribution in [2.24, 2.45) is 0 Å². The van der Waals surface area contributed by atoms with E-state index in [0.717, 1.165) is 33.7 Å². The molecule has 6 heteroatoms. The lowest BCUT2D eigenvalue weighted by molar-refractivity contribution is 0.340. The van der Waals surface area contributed by atoms with Crippen LogP contribution in [0.5, 0.6) is 11.5 Å². The molecule has 4 rings (SSSR count). The highest BCUT2D eigenvalue weighted by molar-refractivity contribution is 7.99. The molecule has 0 N–H and O–H groups in total. The van der Waals surface area contributed by atoms with Crippen LogP contribution in [0.1, 0.15) is 24.7 Å². The van der Waals surface area contributed by atoms with Crippen LogP contribution in [0.2, 0.25) is 0 Å². The number of benzene rings is 3. The van der Waals surface area contributed by atoms with E-state index in [9.17, 15) is 0 Å². The van der Waals surface area contributed by atoms with Gasteiger partial charge < -0.3 is 9.47 Å². The summed E-state index contributed by atoms with van der Waals surface area (Å²) in [6, 6.07) is 26.3. The summed E-state index contributed by atoms with van der Waals surface area (Å²) in [4.78, 5) is 0. The van der Waals surface area contributed by atoms with Gasteiger partial charge in [0.05, 0.1) is 13.7 Å². The van der Waals surface area contributed by atoms with Gasteiger partial charge in [-0.25, -0.2) is 0 Å². The van der Waals surface area contributed by atoms with E-state index in [4.69, 9.17) is 9.47 Å². The minimum atomic E-state index is 0.227. The molecular weight excluding hydrogens is 406 g/mol. The molecule has 0 spiro atoms. The van der Waals surface area contributed by atoms with Gasteiger partial charge in [-0.2, -0.15) is 0 Å². The monoisotopic (exact) mass is 431 g/mol. The second-order valence-corrected chi connectivity index (χ2v) is 8.28. The summed E-state index contributed by atoms with van der Waals surface area (Å²) >= 11 is 1.68. The van der Waals surface area contributed by atoms with Gasteiger partial charge in [-0.15, -0.1) is 10.2 Å². The Hall–Kier alpha value is -3.25. The van der Waals surface area contributed by atoms with Gasteiger partial charge in [0.25, 0.3) is 0 Å². The van der Waals surface area contributed by atoms with Gasteiger partial charge in [0.2, 0.25) is 0 Å². The van der Waals surface area contributed by atoms with Crippen LogP contribution in [-0.4, -0.2) is 28.5 Å². The van der Waals surface area contributed by atoms with Gasteiger partial charge in [0.15, 0.2) is 11.0 Å². The molecule has 1 aromatic heterocycles. The number of aromatic nitrogens is 3. The van der Waals surface area contributed by atoms with Crippen molar-refractivity contribution in [3.8, 4) is 28.6 Å². The van der Waals surface area contributed by atoms with Crippen molar-refractivity contribution in [3.05, 3.63) is 84.4 Å². The molecule has 1 heterocycles. The quantitative estimate of drug-likeness (QED) is 0.311. The largest absolute Gasteiger partial charge is 0.497 e. The standard InChI is InChI=1S/C25H25N3O2S/c1-4-30-22-15-13-21(14-16-22)28-24(20-11-8-12-23(17-20)29-3)26-27-25(28)31-18(2)19-9-6-5-7-10-19/h5-18H,4H2,1-3H3. The summed E-state index contributed by atoms with van der Waals surface area (Å²) in [7, 11) is 1.67. The smallest absolute Gasteiger partial charge is 0.196 e. The Kier molecular flexibility index (Phi) is 6.57. The fraction of sp³-hybridized carbons (Fsp3) is 0.200. The maximum absolute atomic E-state index is 5.61. The number of rotatable bonds is 8. The number of hydrogen-bond acceptors (Lipinski definition) is 5. The van der Waals surface area contributed by atoms with Crippen molar-refractivity contribution < 1.29 is 9.47 Å². The highest BCUT2D eigenvalue weighted by Gasteiger charge is 2.19. The van der Waals surface area contributed by atoms with E-state index >= 15 is 0 Å². The lowest BCUT2D eigenvalue weighted by atomic mass is 10.2. The van der Waals surface area contributed by atoms with Crippen molar-refractivity contribution in [1.29, 1.82) is 0 Å². The second kappa shape index (κ2) is 9.71. The minimum absolute atomic E-state index is 0.227. The normalized spacial score (nSPS) is 11.8. The van der Waals surface area contributed by atoms with Gasteiger partial charge in [-0.05, 0) is 55.8 Å². The van der Waals surface area contributed by atoms with Crippen molar-refractivity contribution in [2.45, 2.75) is 24.3 Å². The van der Waals surface area contributed by atoms with Crippen LogP contribution < -0.4 is 9.47 Å². The van der Waals surface area contributed by atoms with Crippen molar-refractivity contribution >= 4 is 11.8 Å². The van der Waals surface area contributed by atoms with Gasteiger partial charge >= 0.3 is 0 Å². The van der Waals surface area contributed by atoms with Gasteiger partial charge in [0.1, 0.15) is 11.5 Å². The number of methoxy groups -OCH3 is 1. The number of nitrogens with zero attached hydrogens (tertiary/aromatic N) is 3. The predicted molar refractivity (Wildman–Crippen MR) is 125 cm³/mol. The molecule has 0 saturated carbocycles. The SMILES string of the molecule is CCOc1ccc(-n2c(SC(C)c3ccccc3)nnc2-c2cccc(OC)c2)cc1. The van der Waals surface area contributed by atoms with E-state index in [0.29, 0.717) is 6.61 Å². The molecule has 0 aliphatic rings. The third kappa shape index (κ3) is 4.75. The van der Waals surface area contributed by atoms with Crippen molar-refractivity contribution in [1.82, 2.24) is 14.8 Å². The molecule has 4 aromatic rings. The first-order valence-electron chi connectivity index (χ1n) is 10.2. The second-order valence-electron chi connectivity index (χ2n) is 6.97. The molecule has 3 aromatic carbocycles. The molecule has 31 heavy (non-hydrogen) atoms. The third-order valence-electron chi connectivity index (χ3n) is 4.92. The van der Waals surface area contributed by atoms with Crippen LogP contribution in [0.15, 0.2) is 84.0 Å². The molecule has 1 unspecified atom stereocenters. The van der Waals surface area contributed by atoms with Gasteiger partial charge in [0, 0.05) is 16.5 Å². The average molecular weight is 432 g/mol. The number of ether oxygens (including phenoxy) is 2. The lowest BCUT2D eigenvalue weighted by Gasteiger charge is -2.15. The molecule has 5 nitrogen and oxygen atoms in total. The molecule has 0 radical (unpaired) electrons. The third-order valence-corrected chi connectivity index (χ3v) is 6.02. The summed E-state index contributed by atoms with van der Waals surface area (Å²) in [5.41, 5.74) is 3.17. The fourth-order valence-electron chi connectivity index (χ4n) is 3.34. The Bertz CT molecular complexity index is 1130. The zero-order valence-electron chi connectivity index (χ0n) is 17.9. The fourth-order valence-corrected chi connectivity index (χ4v) is 4.33. The zero-order valence-corrected chi connectivity index (χ0v) is 18.7. The van der Waals surface area contributed by atoms with E-state index in [-0.39, 0.29) is 5.25 Å². The van der Waals surface area contributed by atoms with E-state index in [1.54, 1.807) is 18.9 Å². The van der Waals surface area contributed by atoms with Crippen LogP contribution in [0.25, 0.3) is 17.1 Å². The van der Waals surface area contributed by atoms with Crippen LogP contribution in [0, 0.1) is 0 Å². The molecular formula is C25H25N3O2S. The summed E-state index contributed by atoms with van der Waals surface area (Å²) in [5.74, 6) is 2.39.